The molecule has 2 aromatic carbocycles. The van der Waals surface area contributed by atoms with Crippen LogP contribution in [0.4, 0.5) is 4.39 Å². The highest BCUT2D eigenvalue weighted by molar-refractivity contribution is 7.89. The van der Waals surface area contributed by atoms with E-state index < -0.39 is 16.1 Å². The van der Waals surface area contributed by atoms with Crippen molar-refractivity contribution in [3.05, 3.63) is 65.5 Å². The van der Waals surface area contributed by atoms with E-state index in [4.69, 9.17) is 0 Å². The third-order valence-corrected chi connectivity index (χ3v) is 6.47. The van der Waals surface area contributed by atoms with Gasteiger partial charge in [0.05, 0.1) is 10.9 Å². The standard InChI is InChI=1S/C21H25FN2O4S/c1-15(19-7-4-5-8-20(19)22)23-21(26)9-6-14-24(3)29(27,28)18-12-10-17(11-13-18)16(2)25/h4-5,7-8,10-13,15H,6,9,14H2,1-3H3,(H,23,26)/t15-/m1/s1. The summed E-state index contributed by atoms with van der Waals surface area (Å²) in [6.07, 6.45) is 0.430. The van der Waals surface area contributed by atoms with E-state index in [1.165, 1.54) is 48.6 Å². The van der Waals surface area contributed by atoms with E-state index in [9.17, 15) is 22.4 Å². The Morgan fingerprint density at radius 1 is 1.10 bits per heavy atom. The second-order valence-electron chi connectivity index (χ2n) is 6.82. The third kappa shape index (κ3) is 5.95. The number of halogens is 1. The molecule has 0 aliphatic carbocycles. The summed E-state index contributed by atoms with van der Waals surface area (Å²) in [5.41, 5.74) is 0.835. The lowest BCUT2D eigenvalue weighted by Gasteiger charge is -2.18. The van der Waals surface area contributed by atoms with Gasteiger partial charge in [0.2, 0.25) is 15.9 Å². The quantitative estimate of drug-likeness (QED) is 0.631. The smallest absolute Gasteiger partial charge is 0.242 e. The van der Waals surface area contributed by atoms with E-state index >= 15 is 0 Å². The summed E-state index contributed by atoms with van der Waals surface area (Å²) in [5.74, 6) is -0.808. The Morgan fingerprint density at radius 3 is 2.31 bits per heavy atom. The van der Waals surface area contributed by atoms with Crippen LogP contribution in [0.5, 0.6) is 0 Å². The summed E-state index contributed by atoms with van der Waals surface area (Å²) < 4.78 is 40.1. The van der Waals surface area contributed by atoms with Gasteiger partial charge in [-0.05, 0) is 38.5 Å². The summed E-state index contributed by atoms with van der Waals surface area (Å²) in [6.45, 7) is 3.25. The van der Waals surface area contributed by atoms with Crippen molar-refractivity contribution in [2.75, 3.05) is 13.6 Å². The van der Waals surface area contributed by atoms with Crippen molar-refractivity contribution in [3.8, 4) is 0 Å². The maximum absolute atomic E-state index is 13.8. The first-order valence-electron chi connectivity index (χ1n) is 9.24. The normalized spacial score (nSPS) is 12.6. The van der Waals surface area contributed by atoms with Crippen molar-refractivity contribution < 1.29 is 22.4 Å². The van der Waals surface area contributed by atoms with Gasteiger partial charge in [0.15, 0.2) is 5.78 Å². The van der Waals surface area contributed by atoms with Gasteiger partial charge in [-0.2, -0.15) is 0 Å². The molecule has 1 amide bonds. The number of nitrogens with zero attached hydrogens (tertiary/aromatic N) is 1. The summed E-state index contributed by atoms with van der Waals surface area (Å²) >= 11 is 0. The zero-order chi connectivity index (χ0) is 21.6. The lowest BCUT2D eigenvalue weighted by molar-refractivity contribution is -0.121. The minimum atomic E-state index is -3.71. The summed E-state index contributed by atoms with van der Waals surface area (Å²) in [5, 5.41) is 2.72. The van der Waals surface area contributed by atoms with Gasteiger partial charge in [0, 0.05) is 31.1 Å². The average Bonchev–Trinajstić information content (AvgIpc) is 2.68. The molecule has 2 aromatic rings. The Labute approximate surface area is 170 Å². The summed E-state index contributed by atoms with van der Waals surface area (Å²) in [4.78, 5) is 23.5. The molecule has 29 heavy (non-hydrogen) atoms. The highest BCUT2D eigenvalue weighted by atomic mass is 32.2. The minimum Gasteiger partial charge on any atom is -0.349 e. The number of Topliss-reactive ketones (excluding diaryl/α,β-unsaturated/α-hetero) is 1. The van der Waals surface area contributed by atoms with Crippen LogP contribution in [-0.4, -0.2) is 38.0 Å². The van der Waals surface area contributed by atoms with Gasteiger partial charge in [-0.3, -0.25) is 9.59 Å². The molecular formula is C21H25FN2O4S. The molecular weight excluding hydrogens is 395 g/mol. The Hall–Kier alpha value is -2.58. The van der Waals surface area contributed by atoms with Gasteiger partial charge in [0.25, 0.3) is 0 Å². The lowest BCUT2D eigenvalue weighted by atomic mass is 10.1. The van der Waals surface area contributed by atoms with Crippen molar-refractivity contribution >= 4 is 21.7 Å². The van der Waals surface area contributed by atoms with E-state index in [1.807, 2.05) is 0 Å². The summed E-state index contributed by atoms with van der Waals surface area (Å²) in [6, 6.07) is 11.5. The second kappa shape index (κ2) is 9.76. The molecule has 1 atom stereocenters. The fraction of sp³-hybridized carbons (Fsp3) is 0.333. The first kappa shape index (κ1) is 22.7. The predicted molar refractivity (Wildman–Crippen MR) is 108 cm³/mol. The number of amides is 1. The molecule has 0 saturated carbocycles. The molecule has 0 aliphatic heterocycles. The number of carbonyl (C=O) groups excluding carboxylic acids is 2. The Kier molecular flexibility index (Phi) is 7.64. The SMILES string of the molecule is CC(=O)c1ccc(S(=O)(=O)N(C)CCCC(=O)N[C@H](C)c2ccccc2F)cc1. The predicted octanol–water partition coefficient (Wildman–Crippen LogP) is 3.31. The highest BCUT2D eigenvalue weighted by Gasteiger charge is 2.21. The van der Waals surface area contributed by atoms with E-state index in [-0.39, 0.29) is 35.4 Å². The van der Waals surface area contributed by atoms with Crippen LogP contribution in [0.15, 0.2) is 53.4 Å². The molecule has 1 N–H and O–H groups in total. The molecule has 0 fully saturated rings. The van der Waals surface area contributed by atoms with E-state index in [2.05, 4.69) is 5.32 Å². The highest BCUT2D eigenvalue weighted by Crippen LogP contribution is 2.18. The monoisotopic (exact) mass is 420 g/mol. The topological polar surface area (TPSA) is 83.6 Å². The molecule has 0 unspecified atom stereocenters. The average molecular weight is 421 g/mol. The van der Waals surface area contributed by atoms with Crippen LogP contribution >= 0.6 is 0 Å². The molecule has 8 heteroatoms. The molecule has 2 rings (SSSR count). The lowest BCUT2D eigenvalue weighted by Crippen LogP contribution is -2.30. The van der Waals surface area contributed by atoms with Crippen LogP contribution < -0.4 is 5.32 Å². The van der Waals surface area contributed by atoms with Crippen molar-refractivity contribution in [3.63, 3.8) is 0 Å². The van der Waals surface area contributed by atoms with Crippen LogP contribution in [0.25, 0.3) is 0 Å². The number of rotatable bonds is 9. The molecule has 0 aromatic heterocycles. The molecule has 0 saturated heterocycles. The van der Waals surface area contributed by atoms with E-state index in [1.54, 1.807) is 25.1 Å². The molecule has 0 radical (unpaired) electrons. The Morgan fingerprint density at radius 2 is 1.72 bits per heavy atom. The van der Waals surface area contributed by atoms with Crippen molar-refractivity contribution in [1.29, 1.82) is 0 Å². The van der Waals surface area contributed by atoms with Crippen LogP contribution in [-0.2, 0) is 14.8 Å². The molecule has 6 nitrogen and oxygen atoms in total. The molecule has 0 aliphatic rings. The maximum atomic E-state index is 13.8. The van der Waals surface area contributed by atoms with E-state index in [0.717, 1.165) is 0 Å². The van der Waals surface area contributed by atoms with Gasteiger partial charge in [-0.25, -0.2) is 17.1 Å². The maximum Gasteiger partial charge on any atom is 0.242 e. The zero-order valence-corrected chi connectivity index (χ0v) is 17.5. The zero-order valence-electron chi connectivity index (χ0n) is 16.7. The molecule has 0 heterocycles. The number of benzene rings is 2. The second-order valence-corrected chi connectivity index (χ2v) is 8.87. The minimum absolute atomic E-state index is 0.0858. The fourth-order valence-corrected chi connectivity index (χ4v) is 4.05. The van der Waals surface area contributed by atoms with Crippen molar-refractivity contribution in [1.82, 2.24) is 9.62 Å². The van der Waals surface area contributed by atoms with Crippen LogP contribution in [0.2, 0.25) is 0 Å². The molecule has 0 bridgehead atoms. The fourth-order valence-electron chi connectivity index (χ4n) is 2.84. The van der Waals surface area contributed by atoms with Gasteiger partial charge in [-0.15, -0.1) is 0 Å². The molecule has 0 spiro atoms. The number of sulfonamides is 1. The van der Waals surface area contributed by atoms with Gasteiger partial charge in [0.1, 0.15) is 5.82 Å². The van der Waals surface area contributed by atoms with Crippen LogP contribution in [0.1, 0.15) is 48.7 Å². The first-order chi connectivity index (χ1) is 13.6. The van der Waals surface area contributed by atoms with Gasteiger partial charge >= 0.3 is 0 Å². The third-order valence-electron chi connectivity index (χ3n) is 4.60. The Balaban J connectivity index is 1.88. The van der Waals surface area contributed by atoms with Gasteiger partial charge < -0.3 is 5.32 Å². The van der Waals surface area contributed by atoms with Crippen molar-refractivity contribution in [2.45, 2.75) is 37.6 Å². The van der Waals surface area contributed by atoms with Crippen molar-refractivity contribution in [2.24, 2.45) is 0 Å². The Bertz CT molecular complexity index is 974. The summed E-state index contributed by atoms with van der Waals surface area (Å²) in [7, 11) is -2.27. The number of carbonyl (C=O) groups is 2. The number of nitrogens with one attached hydrogen (secondary N) is 1. The van der Waals surface area contributed by atoms with Gasteiger partial charge in [-0.1, -0.05) is 30.3 Å². The van der Waals surface area contributed by atoms with Crippen LogP contribution in [0.3, 0.4) is 0 Å². The van der Waals surface area contributed by atoms with E-state index in [0.29, 0.717) is 17.5 Å². The largest absolute Gasteiger partial charge is 0.349 e. The number of hydrogen-bond acceptors (Lipinski definition) is 4. The first-order valence-corrected chi connectivity index (χ1v) is 10.7. The number of ketones is 1. The molecule has 156 valence electrons. The van der Waals surface area contributed by atoms with Crippen LogP contribution in [0, 0.1) is 5.82 Å². The number of hydrogen-bond donors (Lipinski definition) is 1.